The van der Waals surface area contributed by atoms with E-state index in [1.807, 2.05) is 18.2 Å². The van der Waals surface area contributed by atoms with Gasteiger partial charge in [0, 0.05) is 18.8 Å². The Morgan fingerprint density at radius 1 is 1.36 bits per heavy atom. The van der Waals surface area contributed by atoms with E-state index in [2.05, 4.69) is 22.4 Å². The lowest BCUT2D eigenvalue weighted by atomic mass is 10.1. The van der Waals surface area contributed by atoms with Crippen LogP contribution in [0, 0.1) is 0 Å². The average Bonchev–Trinajstić information content (AvgIpc) is 2.71. The van der Waals surface area contributed by atoms with Crippen molar-refractivity contribution in [3.8, 4) is 0 Å². The number of rotatable bonds is 4. The molecule has 7 heteroatoms. The molecule has 22 heavy (non-hydrogen) atoms. The zero-order valence-electron chi connectivity index (χ0n) is 12.9. The van der Waals surface area contributed by atoms with Crippen LogP contribution in [0.2, 0.25) is 0 Å². The number of nitrogens with one attached hydrogen (secondary N) is 1. The maximum atomic E-state index is 12.2. The molecule has 1 N–H and O–H groups in total. The van der Waals surface area contributed by atoms with E-state index in [-0.39, 0.29) is 18.1 Å². The number of aromatic nitrogens is 3. The van der Waals surface area contributed by atoms with Gasteiger partial charge in [0.1, 0.15) is 0 Å². The molecule has 0 radical (unpaired) electrons. The molecule has 1 atom stereocenters. The average molecular weight is 326 g/mol. The monoisotopic (exact) mass is 325 g/mol. The molecule has 2 aromatic rings. The third-order valence-corrected chi connectivity index (χ3v) is 4.32. The van der Waals surface area contributed by atoms with Crippen molar-refractivity contribution in [3.63, 3.8) is 0 Å². The number of likely N-dealkylation sites (N-methyl/N-ethyl adjacent to an activating group) is 1. The molecule has 0 bridgehead atoms. The van der Waals surface area contributed by atoms with Gasteiger partial charge in [-0.15, -0.1) is 17.5 Å². The topological polar surface area (TPSA) is 54.6 Å². The van der Waals surface area contributed by atoms with Crippen LogP contribution >= 0.6 is 12.4 Å². The van der Waals surface area contributed by atoms with E-state index < -0.39 is 0 Å². The molecule has 3 heterocycles. The van der Waals surface area contributed by atoms with Crippen molar-refractivity contribution < 1.29 is 0 Å². The summed E-state index contributed by atoms with van der Waals surface area (Å²) in [6, 6.07) is 6.22. The molecule has 3 rings (SSSR count). The highest BCUT2D eigenvalue weighted by molar-refractivity contribution is 5.85. The molecule has 0 aliphatic carbocycles. The molecule has 0 aromatic carbocycles. The maximum Gasteiger partial charge on any atom is 0.350 e. The fourth-order valence-electron chi connectivity index (χ4n) is 2.99. The number of pyridine rings is 1. The Bertz CT molecular complexity index is 645. The summed E-state index contributed by atoms with van der Waals surface area (Å²) < 4.78 is 3.16. The summed E-state index contributed by atoms with van der Waals surface area (Å²) in [6.07, 6.45) is 5.39. The van der Waals surface area contributed by atoms with Crippen molar-refractivity contribution in [2.75, 3.05) is 26.7 Å². The molecular formula is C15H24ClN5O. The summed E-state index contributed by atoms with van der Waals surface area (Å²) in [7, 11) is 2.15. The smallest absolute Gasteiger partial charge is 0.317 e. The van der Waals surface area contributed by atoms with E-state index in [1.54, 1.807) is 15.3 Å². The molecule has 1 aliphatic rings. The SMILES string of the molecule is CN(CCn1nc2ccccn2c1=O)C1CCCNCC1.Cl. The van der Waals surface area contributed by atoms with Crippen molar-refractivity contribution in [3.05, 3.63) is 34.9 Å². The lowest BCUT2D eigenvalue weighted by Crippen LogP contribution is -2.36. The van der Waals surface area contributed by atoms with Crippen molar-refractivity contribution in [2.45, 2.75) is 31.8 Å². The van der Waals surface area contributed by atoms with E-state index in [0.717, 1.165) is 19.6 Å². The fourth-order valence-corrected chi connectivity index (χ4v) is 2.99. The molecule has 6 nitrogen and oxygen atoms in total. The van der Waals surface area contributed by atoms with Gasteiger partial charge in [-0.1, -0.05) is 6.07 Å². The van der Waals surface area contributed by atoms with Crippen molar-refractivity contribution in [2.24, 2.45) is 0 Å². The Morgan fingerprint density at radius 3 is 3.05 bits per heavy atom. The van der Waals surface area contributed by atoms with Crippen LogP contribution in [0.3, 0.4) is 0 Å². The van der Waals surface area contributed by atoms with Gasteiger partial charge in [-0.05, 0) is 51.5 Å². The molecular weight excluding hydrogens is 302 g/mol. The molecule has 0 spiro atoms. The van der Waals surface area contributed by atoms with E-state index in [0.29, 0.717) is 18.2 Å². The van der Waals surface area contributed by atoms with Crippen LogP contribution in [0.5, 0.6) is 0 Å². The Balaban J connectivity index is 0.00000176. The van der Waals surface area contributed by atoms with Crippen molar-refractivity contribution in [1.29, 1.82) is 0 Å². The highest BCUT2D eigenvalue weighted by atomic mass is 35.5. The Morgan fingerprint density at radius 2 is 2.23 bits per heavy atom. The minimum atomic E-state index is -0.0541. The predicted molar refractivity (Wildman–Crippen MR) is 89.8 cm³/mol. The first-order valence-corrected chi connectivity index (χ1v) is 7.71. The Hall–Kier alpha value is -1.37. The lowest BCUT2D eigenvalue weighted by Gasteiger charge is -2.26. The van der Waals surface area contributed by atoms with E-state index >= 15 is 0 Å². The quantitative estimate of drug-likeness (QED) is 0.911. The molecule has 122 valence electrons. The van der Waals surface area contributed by atoms with E-state index in [4.69, 9.17) is 0 Å². The zero-order valence-corrected chi connectivity index (χ0v) is 13.8. The zero-order chi connectivity index (χ0) is 14.7. The van der Waals surface area contributed by atoms with Crippen LogP contribution in [0.1, 0.15) is 19.3 Å². The third-order valence-electron chi connectivity index (χ3n) is 4.32. The third kappa shape index (κ3) is 3.69. The van der Waals surface area contributed by atoms with E-state index in [9.17, 15) is 4.79 Å². The molecule has 1 fully saturated rings. The first-order valence-electron chi connectivity index (χ1n) is 7.71. The maximum absolute atomic E-state index is 12.2. The highest BCUT2D eigenvalue weighted by Crippen LogP contribution is 2.11. The molecule has 1 aliphatic heterocycles. The van der Waals surface area contributed by atoms with Gasteiger partial charge in [0.05, 0.1) is 6.54 Å². The summed E-state index contributed by atoms with van der Waals surface area (Å²) in [5, 5.41) is 7.81. The van der Waals surface area contributed by atoms with Crippen molar-refractivity contribution >= 4 is 18.1 Å². The van der Waals surface area contributed by atoms with E-state index in [1.165, 1.54) is 19.3 Å². The van der Waals surface area contributed by atoms with Gasteiger partial charge in [0.15, 0.2) is 5.65 Å². The Kier molecular flexibility index (Phi) is 5.99. The normalized spacial score (nSPS) is 19.1. The van der Waals surface area contributed by atoms with Gasteiger partial charge in [-0.2, -0.15) is 0 Å². The molecule has 2 aromatic heterocycles. The number of halogens is 1. The van der Waals surface area contributed by atoms with Gasteiger partial charge in [0.25, 0.3) is 0 Å². The number of nitrogens with zero attached hydrogens (tertiary/aromatic N) is 4. The van der Waals surface area contributed by atoms with Crippen LogP contribution in [0.15, 0.2) is 29.2 Å². The van der Waals surface area contributed by atoms with Gasteiger partial charge in [0.2, 0.25) is 0 Å². The second-order valence-corrected chi connectivity index (χ2v) is 5.75. The van der Waals surface area contributed by atoms with Crippen LogP contribution in [0.25, 0.3) is 5.65 Å². The van der Waals surface area contributed by atoms with Crippen LogP contribution in [-0.2, 0) is 6.54 Å². The summed E-state index contributed by atoms with van der Waals surface area (Å²) >= 11 is 0. The largest absolute Gasteiger partial charge is 0.350 e. The van der Waals surface area contributed by atoms with Gasteiger partial charge in [-0.3, -0.25) is 4.40 Å². The van der Waals surface area contributed by atoms with Crippen LogP contribution in [0.4, 0.5) is 0 Å². The molecule has 1 saturated heterocycles. The Labute approximate surface area is 136 Å². The first-order chi connectivity index (χ1) is 10.3. The summed E-state index contributed by atoms with van der Waals surface area (Å²) in [5.41, 5.74) is 0.658. The number of hydrogen-bond donors (Lipinski definition) is 1. The lowest BCUT2D eigenvalue weighted by molar-refractivity contribution is 0.213. The predicted octanol–water partition coefficient (Wildman–Crippen LogP) is 0.992. The summed E-state index contributed by atoms with van der Waals surface area (Å²) in [5.74, 6) is 0. The van der Waals surface area contributed by atoms with Crippen LogP contribution < -0.4 is 11.0 Å². The second-order valence-electron chi connectivity index (χ2n) is 5.75. The summed E-state index contributed by atoms with van der Waals surface area (Å²) in [4.78, 5) is 14.6. The fraction of sp³-hybridized carbons (Fsp3) is 0.600. The first kappa shape index (κ1) is 17.0. The molecule has 1 unspecified atom stereocenters. The number of fused-ring (bicyclic) bond motifs is 1. The standard InChI is InChI=1S/C15H23N5O.ClH/c1-18(13-5-4-8-16-9-7-13)11-12-20-15(21)19-10-3-2-6-14(19)17-20;/h2-3,6,10,13,16H,4-5,7-9,11-12H2,1H3;1H. The molecule has 0 saturated carbocycles. The van der Waals surface area contributed by atoms with Gasteiger partial charge in [-0.25, -0.2) is 9.48 Å². The number of hydrogen-bond acceptors (Lipinski definition) is 4. The van der Waals surface area contributed by atoms with Gasteiger partial charge >= 0.3 is 5.69 Å². The second kappa shape index (κ2) is 7.76. The molecule has 0 amide bonds. The van der Waals surface area contributed by atoms with Crippen LogP contribution in [-0.4, -0.2) is 51.8 Å². The summed E-state index contributed by atoms with van der Waals surface area (Å²) in [6.45, 7) is 3.70. The highest BCUT2D eigenvalue weighted by Gasteiger charge is 2.17. The van der Waals surface area contributed by atoms with Crippen molar-refractivity contribution in [1.82, 2.24) is 24.4 Å². The minimum Gasteiger partial charge on any atom is -0.317 e. The van der Waals surface area contributed by atoms with Gasteiger partial charge < -0.3 is 10.2 Å². The minimum absolute atomic E-state index is 0.